The molecule has 2 rings (SSSR count). The first-order valence-corrected chi connectivity index (χ1v) is 4.04. The van der Waals surface area contributed by atoms with E-state index < -0.39 is 6.03 Å². The number of anilines is 1. The van der Waals surface area contributed by atoms with Gasteiger partial charge in [0.25, 0.3) is 0 Å². The standard InChI is InChI=1S/C8H9N5O/c1-5-6(12-8(9)14)4-10-7-2-3-11-13(5)7/h2-4H,1H3,(H3,9,12,14). The third kappa shape index (κ3) is 1.26. The van der Waals surface area contributed by atoms with E-state index in [-0.39, 0.29) is 0 Å². The summed E-state index contributed by atoms with van der Waals surface area (Å²) in [6.45, 7) is 1.83. The minimum Gasteiger partial charge on any atom is -0.351 e. The number of primary amides is 1. The summed E-state index contributed by atoms with van der Waals surface area (Å²) in [4.78, 5) is 14.7. The minimum absolute atomic E-state index is 0.564. The van der Waals surface area contributed by atoms with Crippen molar-refractivity contribution >= 4 is 17.4 Å². The predicted octanol–water partition coefficient (Wildman–Crippen LogP) is 0.528. The highest BCUT2D eigenvalue weighted by Gasteiger charge is 2.05. The number of nitrogens with one attached hydrogen (secondary N) is 1. The number of hydrogen-bond donors (Lipinski definition) is 2. The molecule has 0 aromatic carbocycles. The Bertz CT molecular complexity index is 489. The summed E-state index contributed by atoms with van der Waals surface area (Å²) in [6.07, 6.45) is 3.19. The molecular weight excluding hydrogens is 182 g/mol. The molecule has 0 saturated carbocycles. The Kier molecular flexibility index (Phi) is 1.81. The lowest BCUT2D eigenvalue weighted by atomic mass is 10.3. The van der Waals surface area contributed by atoms with Crippen molar-refractivity contribution in [3.05, 3.63) is 24.2 Å². The molecule has 0 saturated heterocycles. The van der Waals surface area contributed by atoms with E-state index in [1.807, 2.05) is 6.92 Å². The number of amides is 2. The molecule has 14 heavy (non-hydrogen) atoms. The molecule has 2 amide bonds. The van der Waals surface area contributed by atoms with Gasteiger partial charge in [-0.15, -0.1) is 0 Å². The number of hydrogen-bond acceptors (Lipinski definition) is 3. The van der Waals surface area contributed by atoms with Crippen molar-refractivity contribution in [1.29, 1.82) is 0 Å². The van der Waals surface area contributed by atoms with E-state index in [1.165, 1.54) is 0 Å². The molecule has 0 aliphatic carbocycles. The Morgan fingerprint density at radius 2 is 2.43 bits per heavy atom. The molecule has 0 fully saturated rings. The van der Waals surface area contributed by atoms with Crippen LogP contribution in [0.15, 0.2) is 18.5 Å². The maximum absolute atomic E-state index is 10.6. The monoisotopic (exact) mass is 191 g/mol. The SMILES string of the molecule is Cc1c(NC(N)=O)cnc2ccnn12. The molecular formula is C8H9N5O. The van der Waals surface area contributed by atoms with Crippen LogP contribution in [0.2, 0.25) is 0 Å². The average Bonchev–Trinajstić information content (AvgIpc) is 2.57. The number of rotatable bonds is 1. The lowest BCUT2D eigenvalue weighted by Crippen LogP contribution is -2.20. The summed E-state index contributed by atoms with van der Waals surface area (Å²) in [5.74, 6) is 0. The molecule has 0 spiro atoms. The first-order chi connectivity index (χ1) is 6.68. The van der Waals surface area contributed by atoms with Crippen molar-refractivity contribution < 1.29 is 4.79 Å². The smallest absolute Gasteiger partial charge is 0.316 e. The summed E-state index contributed by atoms with van der Waals surface area (Å²) in [5, 5.41) is 6.52. The summed E-state index contributed by atoms with van der Waals surface area (Å²) in [5.41, 5.74) is 7.09. The van der Waals surface area contributed by atoms with Crippen LogP contribution < -0.4 is 11.1 Å². The maximum atomic E-state index is 10.6. The zero-order valence-electron chi connectivity index (χ0n) is 7.56. The lowest BCUT2D eigenvalue weighted by molar-refractivity contribution is 0.259. The molecule has 2 heterocycles. The van der Waals surface area contributed by atoms with Crippen LogP contribution in [0.3, 0.4) is 0 Å². The van der Waals surface area contributed by atoms with Gasteiger partial charge in [0.15, 0.2) is 5.65 Å². The van der Waals surface area contributed by atoms with Crippen molar-refractivity contribution in [2.24, 2.45) is 5.73 Å². The van der Waals surface area contributed by atoms with Crippen LogP contribution in [0.1, 0.15) is 5.69 Å². The Morgan fingerprint density at radius 1 is 1.64 bits per heavy atom. The minimum atomic E-state index is -0.610. The zero-order chi connectivity index (χ0) is 10.1. The topological polar surface area (TPSA) is 85.3 Å². The van der Waals surface area contributed by atoms with Crippen LogP contribution in [0.5, 0.6) is 0 Å². The molecule has 0 aliphatic heterocycles. The maximum Gasteiger partial charge on any atom is 0.316 e. The molecule has 2 aromatic rings. The van der Waals surface area contributed by atoms with Crippen molar-refractivity contribution in [3.8, 4) is 0 Å². The summed E-state index contributed by atoms with van der Waals surface area (Å²) in [6, 6.07) is 1.17. The van der Waals surface area contributed by atoms with Gasteiger partial charge < -0.3 is 11.1 Å². The molecule has 6 nitrogen and oxygen atoms in total. The van der Waals surface area contributed by atoms with Gasteiger partial charge in [-0.3, -0.25) is 0 Å². The van der Waals surface area contributed by atoms with E-state index in [4.69, 9.17) is 5.73 Å². The third-order valence-corrected chi connectivity index (χ3v) is 1.91. The lowest BCUT2D eigenvalue weighted by Gasteiger charge is -2.06. The summed E-state index contributed by atoms with van der Waals surface area (Å²) < 4.78 is 1.63. The molecule has 2 aromatic heterocycles. The number of aryl methyl sites for hydroxylation is 1. The average molecular weight is 191 g/mol. The first-order valence-electron chi connectivity index (χ1n) is 4.04. The Balaban J connectivity index is 2.56. The van der Waals surface area contributed by atoms with E-state index in [1.54, 1.807) is 23.0 Å². The zero-order valence-corrected chi connectivity index (χ0v) is 7.56. The second kappa shape index (κ2) is 2.99. The predicted molar refractivity (Wildman–Crippen MR) is 50.9 cm³/mol. The fourth-order valence-corrected chi connectivity index (χ4v) is 1.25. The van der Waals surface area contributed by atoms with Crippen molar-refractivity contribution in [2.75, 3.05) is 5.32 Å². The van der Waals surface area contributed by atoms with Gasteiger partial charge in [0.05, 0.1) is 23.8 Å². The van der Waals surface area contributed by atoms with Gasteiger partial charge in [0.2, 0.25) is 0 Å². The molecule has 0 atom stereocenters. The fourth-order valence-electron chi connectivity index (χ4n) is 1.25. The molecule has 0 bridgehead atoms. The number of aromatic nitrogens is 3. The number of nitrogens with two attached hydrogens (primary N) is 1. The number of nitrogens with zero attached hydrogens (tertiary/aromatic N) is 3. The molecule has 0 aliphatic rings. The summed E-state index contributed by atoms with van der Waals surface area (Å²) in [7, 11) is 0. The van der Waals surface area contributed by atoms with Gasteiger partial charge in [-0.2, -0.15) is 5.10 Å². The van der Waals surface area contributed by atoms with Crippen LogP contribution in [0.4, 0.5) is 10.5 Å². The highest BCUT2D eigenvalue weighted by atomic mass is 16.2. The number of carbonyl (C=O) groups is 1. The van der Waals surface area contributed by atoms with Crippen molar-refractivity contribution in [2.45, 2.75) is 6.92 Å². The van der Waals surface area contributed by atoms with Gasteiger partial charge in [-0.25, -0.2) is 14.3 Å². The van der Waals surface area contributed by atoms with E-state index in [2.05, 4.69) is 15.4 Å². The van der Waals surface area contributed by atoms with Crippen LogP contribution in [0, 0.1) is 6.92 Å². The Labute approximate surface area is 79.7 Å². The van der Waals surface area contributed by atoms with Crippen molar-refractivity contribution in [1.82, 2.24) is 14.6 Å². The molecule has 0 unspecified atom stereocenters. The van der Waals surface area contributed by atoms with Gasteiger partial charge in [-0.05, 0) is 6.92 Å². The van der Waals surface area contributed by atoms with Crippen LogP contribution >= 0.6 is 0 Å². The van der Waals surface area contributed by atoms with E-state index in [0.717, 1.165) is 11.3 Å². The van der Waals surface area contributed by atoms with Gasteiger partial charge in [0, 0.05) is 6.07 Å². The quantitative estimate of drug-likeness (QED) is 0.689. The fraction of sp³-hybridized carbons (Fsp3) is 0.125. The van der Waals surface area contributed by atoms with Gasteiger partial charge >= 0.3 is 6.03 Å². The highest BCUT2D eigenvalue weighted by molar-refractivity contribution is 5.88. The largest absolute Gasteiger partial charge is 0.351 e. The number of carbonyl (C=O) groups excluding carboxylic acids is 1. The first kappa shape index (κ1) is 8.49. The van der Waals surface area contributed by atoms with Crippen LogP contribution in [0.25, 0.3) is 5.65 Å². The van der Waals surface area contributed by atoms with E-state index in [0.29, 0.717) is 5.69 Å². The second-order valence-corrected chi connectivity index (χ2v) is 2.85. The van der Waals surface area contributed by atoms with Crippen LogP contribution in [-0.2, 0) is 0 Å². The third-order valence-electron chi connectivity index (χ3n) is 1.91. The number of urea groups is 1. The molecule has 72 valence electrons. The van der Waals surface area contributed by atoms with E-state index >= 15 is 0 Å². The van der Waals surface area contributed by atoms with Gasteiger partial charge in [-0.1, -0.05) is 0 Å². The van der Waals surface area contributed by atoms with Crippen LogP contribution in [-0.4, -0.2) is 20.6 Å². The van der Waals surface area contributed by atoms with E-state index in [9.17, 15) is 4.79 Å². The van der Waals surface area contributed by atoms with Crippen molar-refractivity contribution in [3.63, 3.8) is 0 Å². The molecule has 3 N–H and O–H groups in total. The normalized spacial score (nSPS) is 10.4. The Hall–Kier alpha value is -2.11. The Morgan fingerprint density at radius 3 is 3.14 bits per heavy atom. The second-order valence-electron chi connectivity index (χ2n) is 2.85. The number of fused-ring (bicyclic) bond motifs is 1. The molecule has 6 heteroatoms. The molecule has 0 radical (unpaired) electrons. The van der Waals surface area contributed by atoms with Gasteiger partial charge in [0.1, 0.15) is 0 Å². The summed E-state index contributed by atoms with van der Waals surface area (Å²) >= 11 is 0. The highest BCUT2D eigenvalue weighted by Crippen LogP contribution is 2.13.